The second-order valence-corrected chi connectivity index (χ2v) is 8.45. The summed E-state index contributed by atoms with van der Waals surface area (Å²) in [6.07, 6.45) is 16.6. The summed E-state index contributed by atoms with van der Waals surface area (Å²) >= 11 is 0. The monoisotopic (exact) mass is 375 g/mol. The smallest absolute Gasteiger partial charge is 0.266 e. The summed E-state index contributed by atoms with van der Waals surface area (Å²) in [5, 5.41) is 0. The fourth-order valence-electron chi connectivity index (χ4n) is 2.94. The minimum Gasteiger partial charge on any atom is -0.266 e. The molecule has 0 N–H and O–H groups in total. The summed E-state index contributed by atoms with van der Waals surface area (Å²) in [6.45, 7) is 2.54. The molecule has 0 saturated carbocycles. The van der Waals surface area contributed by atoms with Crippen molar-refractivity contribution in [1.82, 2.24) is 0 Å². The van der Waals surface area contributed by atoms with Gasteiger partial charge >= 0.3 is 0 Å². The van der Waals surface area contributed by atoms with Crippen molar-refractivity contribution < 1.29 is 12.6 Å². The zero-order chi connectivity index (χ0) is 18.2. The van der Waals surface area contributed by atoms with Crippen LogP contribution >= 0.6 is 0 Å². The standard InChI is InChI=1S/C21H36O3S.Li/c1-2-3-4-5-6-7-8-9-10-11-12-13-17-20-24-25(22,23)21-18-15-14-16-19-21;/h14-16,18-19H,2-13,17,20H2,1H3;. The van der Waals surface area contributed by atoms with E-state index in [1.807, 2.05) is 0 Å². The van der Waals surface area contributed by atoms with Crippen LogP contribution in [0.3, 0.4) is 0 Å². The third-order valence-corrected chi connectivity index (χ3v) is 5.84. The quantitative estimate of drug-likeness (QED) is 0.199. The predicted molar refractivity (Wildman–Crippen MR) is 111 cm³/mol. The van der Waals surface area contributed by atoms with Crippen molar-refractivity contribution in [2.24, 2.45) is 0 Å². The summed E-state index contributed by atoms with van der Waals surface area (Å²) in [5.74, 6) is 0. The van der Waals surface area contributed by atoms with Crippen LogP contribution in [-0.2, 0) is 14.3 Å². The SMILES string of the molecule is CCCCCCCCCCCCCCCOS(=O)(=O)c1ccccc1.[Li]. The van der Waals surface area contributed by atoms with Gasteiger partial charge in [-0.2, -0.15) is 8.42 Å². The summed E-state index contributed by atoms with van der Waals surface area (Å²) in [7, 11) is -3.58. The molecule has 3 nitrogen and oxygen atoms in total. The van der Waals surface area contributed by atoms with Crippen LogP contribution in [0.25, 0.3) is 0 Å². The van der Waals surface area contributed by atoms with Crippen LogP contribution < -0.4 is 0 Å². The van der Waals surface area contributed by atoms with Gasteiger partial charge in [-0.05, 0) is 18.6 Å². The van der Waals surface area contributed by atoms with Crippen molar-refractivity contribution in [3.8, 4) is 0 Å². The van der Waals surface area contributed by atoms with Gasteiger partial charge in [0.1, 0.15) is 0 Å². The first-order valence-corrected chi connectivity index (χ1v) is 11.5. The minimum atomic E-state index is -3.58. The molecule has 0 amide bonds. The van der Waals surface area contributed by atoms with Crippen molar-refractivity contribution in [2.75, 3.05) is 6.61 Å². The molecule has 0 saturated heterocycles. The second kappa shape index (κ2) is 16.9. The number of benzene rings is 1. The third-order valence-electron chi connectivity index (χ3n) is 4.52. The summed E-state index contributed by atoms with van der Waals surface area (Å²) in [5.41, 5.74) is 0. The second-order valence-electron chi connectivity index (χ2n) is 6.83. The molecule has 0 heterocycles. The minimum absolute atomic E-state index is 0. The van der Waals surface area contributed by atoms with Gasteiger partial charge < -0.3 is 0 Å². The largest absolute Gasteiger partial charge is 0.296 e. The van der Waals surface area contributed by atoms with Crippen molar-refractivity contribution in [3.05, 3.63) is 30.3 Å². The Morgan fingerprint density at radius 3 is 1.58 bits per heavy atom. The first-order valence-electron chi connectivity index (χ1n) is 10.1. The average molecular weight is 376 g/mol. The maximum atomic E-state index is 11.9. The van der Waals surface area contributed by atoms with Crippen molar-refractivity contribution in [3.63, 3.8) is 0 Å². The van der Waals surface area contributed by atoms with Gasteiger partial charge in [0.05, 0.1) is 11.5 Å². The Hall–Kier alpha value is -0.273. The van der Waals surface area contributed by atoms with E-state index in [1.54, 1.807) is 30.3 Å². The van der Waals surface area contributed by atoms with Crippen LogP contribution in [0.4, 0.5) is 0 Å². The van der Waals surface area contributed by atoms with E-state index in [2.05, 4.69) is 6.92 Å². The van der Waals surface area contributed by atoms with Crippen LogP contribution in [-0.4, -0.2) is 33.9 Å². The van der Waals surface area contributed by atoms with Crippen molar-refractivity contribution >= 4 is 29.0 Å². The Bertz CT molecular complexity index is 517. The molecule has 1 aromatic carbocycles. The predicted octanol–water partition coefficient (Wildman–Crippen LogP) is 6.10. The van der Waals surface area contributed by atoms with E-state index in [0.717, 1.165) is 12.8 Å². The van der Waals surface area contributed by atoms with Crippen LogP contribution in [0.1, 0.15) is 90.4 Å². The van der Waals surface area contributed by atoms with E-state index in [9.17, 15) is 8.42 Å². The fourth-order valence-corrected chi connectivity index (χ4v) is 3.91. The Balaban J connectivity index is 0.00000625. The maximum Gasteiger partial charge on any atom is 0.296 e. The van der Waals surface area contributed by atoms with E-state index in [0.29, 0.717) is 0 Å². The van der Waals surface area contributed by atoms with Gasteiger partial charge in [0.25, 0.3) is 10.1 Å². The van der Waals surface area contributed by atoms with Gasteiger partial charge in [-0.3, -0.25) is 4.18 Å². The molecule has 1 rings (SSSR count). The van der Waals surface area contributed by atoms with Crippen molar-refractivity contribution in [2.45, 2.75) is 95.3 Å². The zero-order valence-electron chi connectivity index (χ0n) is 16.9. The first kappa shape index (κ1) is 25.7. The molecule has 0 atom stereocenters. The third kappa shape index (κ3) is 13.0. The molecule has 0 bridgehead atoms. The molecular formula is C21H36LiO3S. The molecule has 0 aliphatic heterocycles. The molecule has 0 unspecified atom stereocenters. The normalized spacial score (nSPS) is 11.3. The van der Waals surface area contributed by atoms with Crippen molar-refractivity contribution in [1.29, 1.82) is 0 Å². The molecule has 0 aromatic heterocycles. The molecule has 26 heavy (non-hydrogen) atoms. The molecule has 0 fully saturated rings. The van der Waals surface area contributed by atoms with Gasteiger partial charge in [-0.15, -0.1) is 0 Å². The van der Waals surface area contributed by atoms with E-state index >= 15 is 0 Å². The van der Waals surface area contributed by atoms with E-state index in [1.165, 1.54) is 70.6 Å². The molecular weight excluding hydrogens is 339 g/mol. The van der Waals surface area contributed by atoms with E-state index in [-0.39, 0.29) is 30.4 Å². The maximum absolute atomic E-state index is 11.9. The zero-order valence-corrected chi connectivity index (χ0v) is 17.7. The number of hydrogen-bond acceptors (Lipinski definition) is 3. The van der Waals surface area contributed by atoms with Gasteiger partial charge in [0, 0.05) is 18.9 Å². The molecule has 1 aromatic rings. The van der Waals surface area contributed by atoms with Crippen LogP contribution in [0.5, 0.6) is 0 Å². The number of unbranched alkanes of at least 4 members (excludes halogenated alkanes) is 12. The Morgan fingerprint density at radius 2 is 1.12 bits per heavy atom. The van der Waals surface area contributed by atoms with E-state index < -0.39 is 10.1 Å². The van der Waals surface area contributed by atoms with Gasteiger partial charge in [0.15, 0.2) is 0 Å². The van der Waals surface area contributed by atoms with Crippen LogP contribution in [0.15, 0.2) is 35.2 Å². The van der Waals surface area contributed by atoms with E-state index in [4.69, 9.17) is 4.18 Å². The Kier molecular flexibility index (Phi) is 16.7. The first-order chi connectivity index (χ1) is 12.2. The molecule has 5 heteroatoms. The van der Waals surface area contributed by atoms with Gasteiger partial charge in [-0.25, -0.2) is 0 Å². The average Bonchev–Trinajstić information content (AvgIpc) is 2.63. The Labute approximate surface area is 173 Å². The molecule has 0 aliphatic carbocycles. The van der Waals surface area contributed by atoms with Gasteiger partial charge in [-0.1, -0.05) is 102 Å². The topological polar surface area (TPSA) is 43.4 Å². The fraction of sp³-hybridized carbons (Fsp3) is 0.714. The Morgan fingerprint density at radius 1 is 0.692 bits per heavy atom. The molecule has 1 radical (unpaired) electrons. The summed E-state index contributed by atoms with van der Waals surface area (Å²) in [6, 6.07) is 8.35. The summed E-state index contributed by atoms with van der Waals surface area (Å²) in [4.78, 5) is 0.240. The molecule has 0 aliphatic rings. The van der Waals surface area contributed by atoms with Crippen LogP contribution in [0.2, 0.25) is 0 Å². The molecule has 0 spiro atoms. The molecule has 145 valence electrons. The summed E-state index contributed by atoms with van der Waals surface area (Å²) < 4.78 is 28.9. The van der Waals surface area contributed by atoms with Gasteiger partial charge in [0.2, 0.25) is 0 Å². The van der Waals surface area contributed by atoms with Crippen LogP contribution in [0, 0.1) is 0 Å². The number of hydrogen-bond donors (Lipinski definition) is 0. The number of rotatable bonds is 16.